The van der Waals surface area contributed by atoms with Crippen LogP contribution in [0.3, 0.4) is 0 Å². The number of hydrogen-bond acceptors (Lipinski definition) is 5. The number of esters is 1. The Morgan fingerprint density at radius 1 is 0.794 bits per heavy atom. The third-order valence-electron chi connectivity index (χ3n) is 5.83. The molecule has 34 heavy (non-hydrogen) atoms. The van der Waals surface area contributed by atoms with E-state index < -0.39 is 30.3 Å². The molecule has 1 aromatic heterocycles. The average Bonchev–Trinajstić information content (AvgIpc) is 3.43. The van der Waals surface area contributed by atoms with Crippen molar-refractivity contribution in [3.63, 3.8) is 0 Å². The van der Waals surface area contributed by atoms with Gasteiger partial charge in [0.15, 0.2) is 12.1 Å². The first kappa shape index (κ1) is 21.5. The Morgan fingerprint density at radius 3 is 2.03 bits per heavy atom. The van der Waals surface area contributed by atoms with Crippen LogP contribution in [0.1, 0.15) is 40.6 Å². The number of ether oxygens (including phenoxy) is 2. The number of carbonyl (C=O) groups is 2. The van der Waals surface area contributed by atoms with Gasteiger partial charge in [-0.25, -0.2) is 9.59 Å². The maximum atomic E-state index is 13.6. The summed E-state index contributed by atoms with van der Waals surface area (Å²) in [6.45, 7) is 0.0770. The highest BCUT2D eigenvalue weighted by Crippen LogP contribution is 2.46. The molecule has 3 aromatic carbocycles. The second-order valence-electron chi connectivity index (χ2n) is 7.99. The largest absolute Gasteiger partial charge is 0.467 e. The highest BCUT2D eigenvalue weighted by Gasteiger charge is 2.50. The lowest BCUT2D eigenvalue weighted by Gasteiger charge is -2.43. The lowest BCUT2D eigenvalue weighted by molar-refractivity contribution is -0.175. The third-order valence-corrected chi connectivity index (χ3v) is 5.83. The van der Waals surface area contributed by atoms with Crippen molar-refractivity contribution in [1.29, 1.82) is 0 Å². The molecule has 5 rings (SSSR count). The van der Waals surface area contributed by atoms with Crippen LogP contribution in [0.2, 0.25) is 0 Å². The molecule has 170 valence electrons. The summed E-state index contributed by atoms with van der Waals surface area (Å²) in [6, 6.07) is 30.0. The fourth-order valence-corrected chi connectivity index (χ4v) is 4.27. The topological polar surface area (TPSA) is 69.0 Å². The first-order chi connectivity index (χ1) is 16.7. The number of amides is 1. The fourth-order valence-electron chi connectivity index (χ4n) is 4.27. The summed E-state index contributed by atoms with van der Waals surface area (Å²) in [7, 11) is 0. The van der Waals surface area contributed by atoms with Gasteiger partial charge in [0, 0.05) is 0 Å². The molecule has 2 heterocycles. The van der Waals surface area contributed by atoms with Crippen molar-refractivity contribution in [2.24, 2.45) is 0 Å². The van der Waals surface area contributed by atoms with E-state index in [1.807, 2.05) is 91.0 Å². The Bertz CT molecular complexity index is 1230. The molecule has 1 fully saturated rings. The summed E-state index contributed by atoms with van der Waals surface area (Å²) in [5.74, 6) is -0.262. The quantitative estimate of drug-likeness (QED) is 0.347. The smallest absolute Gasteiger partial charge is 0.411 e. The Labute approximate surface area is 197 Å². The maximum Gasteiger partial charge on any atom is 0.411 e. The van der Waals surface area contributed by atoms with Gasteiger partial charge in [-0.1, -0.05) is 91.0 Å². The predicted octanol–water partition coefficient (Wildman–Crippen LogP) is 6.00. The molecule has 0 saturated carbocycles. The zero-order chi connectivity index (χ0) is 23.3. The van der Waals surface area contributed by atoms with Gasteiger partial charge >= 0.3 is 12.1 Å². The van der Waals surface area contributed by atoms with E-state index in [0.717, 1.165) is 16.7 Å². The van der Waals surface area contributed by atoms with Gasteiger partial charge in [-0.05, 0) is 28.8 Å². The molecule has 1 saturated heterocycles. The van der Waals surface area contributed by atoms with E-state index in [1.165, 1.54) is 11.2 Å². The zero-order valence-electron chi connectivity index (χ0n) is 18.3. The molecule has 1 amide bonds. The molecule has 0 unspecified atom stereocenters. The van der Waals surface area contributed by atoms with Crippen LogP contribution in [0.4, 0.5) is 4.79 Å². The van der Waals surface area contributed by atoms with Crippen molar-refractivity contribution >= 4 is 12.1 Å². The Balaban J connectivity index is 1.58. The summed E-state index contributed by atoms with van der Waals surface area (Å²) < 4.78 is 17.2. The molecule has 1 aliphatic heterocycles. The predicted molar refractivity (Wildman–Crippen MR) is 124 cm³/mol. The highest BCUT2D eigenvalue weighted by molar-refractivity contribution is 5.84. The fraction of sp³-hybridized carbons (Fsp3) is 0.143. The average molecular weight is 453 g/mol. The molecule has 0 spiro atoms. The number of carbonyl (C=O) groups excluding carboxylic acids is 2. The molecule has 0 radical (unpaired) electrons. The molecule has 1 aliphatic rings. The number of hydrogen-bond donors (Lipinski definition) is 0. The van der Waals surface area contributed by atoms with E-state index in [0.29, 0.717) is 5.76 Å². The second kappa shape index (κ2) is 9.67. The van der Waals surface area contributed by atoms with Crippen LogP contribution in [0.15, 0.2) is 114 Å². The van der Waals surface area contributed by atoms with Crippen LogP contribution in [0.5, 0.6) is 0 Å². The number of nitrogens with zero attached hydrogens (tertiary/aromatic N) is 1. The van der Waals surface area contributed by atoms with Gasteiger partial charge in [0.05, 0.1) is 6.26 Å². The highest BCUT2D eigenvalue weighted by atomic mass is 16.6. The van der Waals surface area contributed by atoms with Crippen molar-refractivity contribution < 1.29 is 23.5 Å². The second-order valence-corrected chi connectivity index (χ2v) is 7.99. The van der Waals surface area contributed by atoms with Crippen molar-refractivity contribution in [3.05, 3.63) is 132 Å². The van der Waals surface area contributed by atoms with Gasteiger partial charge in [0.25, 0.3) is 0 Å². The normalized spacial score (nSPS) is 19.9. The van der Waals surface area contributed by atoms with Crippen molar-refractivity contribution in [3.8, 4) is 0 Å². The number of morpholine rings is 1. The molecule has 6 heteroatoms. The zero-order valence-corrected chi connectivity index (χ0v) is 18.3. The van der Waals surface area contributed by atoms with E-state index in [1.54, 1.807) is 12.1 Å². The van der Waals surface area contributed by atoms with E-state index in [2.05, 4.69) is 0 Å². The van der Waals surface area contributed by atoms with Crippen LogP contribution < -0.4 is 0 Å². The van der Waals surface area contributed by atoms with Gasteiger partial charge in [0.1, 0.15) is 18.4 Å². The van der Waals surface area contributed by atoms with E-state index in [-0.39, 0.29) is 6.61 Å². The summed E-state index contributed by atoms with van der Waals surface area (Å²) >= 11 is 0. The Hall–Kier alpha value is -4.32. The van der Waals surface area contributed by atoms with Gasteiger partial charge < -0.3 is 13.9 Å². The minimum absolute atomic E-state index is 0.0770. The first-order valence-corrected chi connectivity index (χ1v) is 11.0. The SMILES string of the molecule is O=C1O[C@H](c2ccccc2)[C@H](c2ccccc2)N(C(=O)OCc2ccccc2)[C@H]1c1ccco1. The number of benzene rings is 3. The van der Waals surface area contributed by atoms with Crippen molar-refractivity contribution in [2.45, 2.75) is 24.8 Å². The molecule has 0 aliphatic carbocycles. The third kappa shape index (κ3) is 4.30. The van der Waals surface area contributed by atoms with Crippen LogP contribution in [-0.2, 0) is 20.9 Å². The minimum atomic E-state index is -1.08. The van der Waals surface area contributed by atoms with Gasteiger partial charge in [-0.15, -0.1) is 0 Å². The summed E-state index contributed by atoms with van der Waals surface area (Å²) in [6.07, 6.45) is 0.125. The summed E-state index contributed by atoms with van der Waals surface area (Å²) in [5.41, 5.74) is 2.45. The van der Waals surface area contributed by atoms with Crippen molar-refractivity contribution in [1.82, 2.24) is 4.90 Å². The lowest BCUT2D eigenvalue weighted by Crippen LogP contribution is -2.49. The standard InChI is InChI=1S/C28H23NO5/c30-27-25(23-17-10-18-32-23)29(28(31)33-19-20-11-4-1-5-12-20)24(21-13-6-2-7-14-21)26(34-27)22-15-8-3-9-16-22/h1-18,24-26H,19H2/t24-,25-,26+/m0/s1. The molecule has 0 bridgehead atoms. The van der Waals surface area contributed by atoms with Gasteiger partial charge in [-0.3, -0.25) is 4.90 Å². The minimum Gasteiger partial charge on any atom is -0.467 e. The van der Waals surface area contributed by atoms with Crippen LogP contribution in [0.25, 0.3) is 0 Å². The van der Waals surface area contributed by atoms with E-state index >= 15 is 0 Å². The van der Waals surface area contributed by atoms with Crippen LogP contribution in [0, 0.1) is 0 Å². The first-order valence-electron chi connectivity index (χ1n) is 11.0. The molecular formula is C28H23NO5. The monoisotopic (exact) mass is 453 g/mol. The summed E-state index contributed by atoms with van der Waals surface area (Å²) in [5, 5.41) is 0. The number of cyclic esters (lactones) is 1. The number of rotatable bonds is 5. The van der Waals surface area contributed by atoms with E-state index in [4.69, 9.17) is 13.9 Å². The molecule has 0 N–H and O–H groups in total. The maximum absolute atomic E-state index is 13.6. The van der Waals surface area contributed by atoms with Gasteiger partial charge in [0.2, 0.25) is 0 Å². The van der Waals surface area contributed by atoms with E-state index in [9.17, 15) is 9.59 Å². The molecule has 4 aromatic rings. The number of furan rings is 1. The Kier molecular flexibility index (Phi) is 6.12. The van der Waals surface area contributed by atoms with Crippen LogP contribution >= 0.6 is 0 Å². The lowest BCUT2D eigenvalue weighted by atomic mass is 9.91. The molecule has 6 nitrogen and oxygen atoms in total. The molecule has 3 atom stereocenters. The molecular weight excluding hydrogens is 430 g/mol. The Morgan fingerprint density at radius 2 is 1.41 bits per heavy atom. The van der Waals surface area contributed by atoms with Crippen LogP contribution in [-0.4, -0.2) is 17.0 Å². The van der Waals surface area contributed by atoms with Gasteiger partial charge in [-0.2, -0.15) is 0 Å². The summed E-state index contributed by atoms with van der Waals surface area (Å²) in [4.78, 5) is 28.4. The van der Waals surface area contributed by atoms with Crippen molar-refractivity contribution in [2.75, 3.05) is 0 Å².